The van der Waals surface area contributed by atoms with Crippen LogP contribution < -0.4 is 16.6 Å². The molecule has 110 valence electrons. The van der Waals surface area contributed by atoms with Crippen LogP contribution in [-0.4, -0.2) is 22.6 Å². The number of aromatic nitrogens is 2. The minimum Gasteiger partial charge on any atom is -0.464 e. The molecule has 3 aromatic rings. The molecule has 0 aromatic carbocycles. The van der Waals surface area contributed by atoms with Crippen LogP contribution in [0.1, 0.15) is 6.92 Å². The summed E-state index contributed by atoms with van der Waals surface area (Å²) < 4.78 is 7.03. The Morgan fingerprint density at radius 1 is 1.52 bits per heavy atom. The Balaban J connectivity index is 2.22. The van der Waals surface area contributed by atoms with E-state index in [0.29, 0.717) is 41.6 Å². The second-order valence-electron chi connectivity index (χ2n) is 4.51. The minimum atomic E-state index is -0.0605. The second-order valence-corrected chi connectivity index (χ2v) is 5.37. The molecule has 21 heavy (non-hydrogen) atoms. The number of rotatable bonds is 5. The molecule has 7 heteroatoms. The van der Waals surface area contributed by atoms with Crippen molar-refractivity contribution in [1.29, 1.82) is 0 Å². The van der Waals surface area contributed by atoms with Gasteiger partial charge in [-0.25, -0.2) is 4.98 Å². The van der Waals surface area contributed by atoms with Crippen LogP contribution in [0, 0.1) is 0 Å². The van der Waals surface area contributed by atoms with Crippen molar-refractivity contribution in [1.82, 2.24) is 9.55 Å². The van der Waals surface area contributed by atoms with E-state index in [1.54, 1.807) is 10.8 Å². The molecule has 0 fully saturated rings. The van der Waals surface area contributed by atoms with Crippen molar-refractivity contribution in [2.24, 2.45) is 5.73 Å². The van der Waals surface area contributed by atoms with Crippen molar-refractivity contribution in [2.75, 3.05) is 18.4 Å². The van der Waals surface area contributed by atoms with Crippen LogP contribution in [0.25, 0.3) is 21.5 Å². The first-order valence-electron chi connectivity index (χ1n) is 6.76. The lowest BCUT2D eigenvalue weighted by molar-refractivity contribution is 0.583. The average Bonchev–Trinajstić information content (AvgIpc) is 3.13. The molecule has 3 heterocycles. The molecule has 0 aliphatic heterocycles. The molecule has 3 N–H and O–H groups in total. The highest BCUT2D eigenvalue weighted by Crippen LogP contribution is 2.31. The third kappa shape index (κ3) is 2.34. The molecule has 0 unspecified atom stereocenters. The smallest absolute Gasteiger partial charge is 0.264 e. The lowest BCUT2D eigenvalue weighted by atomic mass is 10.2. The van der Waals surface area contributed by atoms with E-state index in [4.69, 9.17) is 10.2 Å². The van der Waals surface area contributed by atoms with Crippen LogP contribution in [-0.2, 0) is 6.54 Å². The van der Waals surface area contributed by atoms with Crippen LogP contribution in [0.15, 0.2) is 33.0 Å². The Hall–Kier alpha value is -2.12. The number of nitrogens with two attached hydrogens (primary N) is 1. The summed E-state index contributed by atoms with van der Waals surface area (Å²) >= 11 is 1.44. The molecule has 0 saturated heterocycles. The molecule has 0 radical (unpaired) electrons. The quantitative estimate of drug-likeness (QED) is 0.754. The topological polar surface area (TPSA) is 86.1 Å². The molecular formula is C14H16N4O2S. The molecule has 3 rings (SSSR count). The lowest BCUT2D eigenvalue weighted by Gasteiger charge is -2.11. The number of furan rings is 1. The van der Waals surface area contributed by atoms with Gasteiger partial charge in [0.1, 0.15) is 10.6 Å². The van der Waals surface area contributed by atoms with E-state index in [2.05, 4.69) is 10.3 Å². The van der Waals surface area contributed by atoms with Gasteiger partial charge >= 0.3 is 0 Å². The van der Waals surface area contributed by atoms with Crippen molar-refractivity contribution < 1.29 is 4.42 Å². The molecule has 0 saturated carbocycles. The van der Waals surface area contributed by atoms with Crippen molar-refractivity contribution in [3.63, 3.8) is 0 Å². The van der Waals surface area contributed by atoms with Gasteiger partial charge in [-0.15, -0.1) is 11.3 Å². The van der Waals surface area contributed by atoms with Crippen LogP contribution in [0.5, 0.6) is 0 Å². The zero-order valence-corrected chi connectivity index (χ0v) is 12.4. The molecule has 0 aliphatic carbocycles. The van der Waals surface area contributed by atoms with Crippen molar-refractivity contribution >= 4 is 27.5 Å². The predicted molar refractivity (Wildman–Crippen MR) is 84.8 cm³/mol. The summed E-state index contributed by atoms with van der Waals surface area (Å²) in [4.78, 5) is 18.0. The van der Waals surface area contributed by atoms with E-state index in [-0.39, 0.29) is 5.56 Å². The Kier molecular flexibility index (Phi) is 3.76. The summed E-state index contributed by atoms with van der Waals surface area (Å²) in [7, 11) is 0. The maximum absolute atomic E-state index is 12.7. The number of fused-ring (bicyclic) bond motifs is 1. The normalized spacial score (nSPS) is 11.1. The monoisotopic (exact) mass is 304 g/mol. The number of nitrogens with one attached hydrogen (secondary N) is 1. The molecule has 0 aliphatic rings. The van der Waals surface area contributed by atoms with Crippen LogP contribution in [0.2, 0.25) is 0 Å². The molecule has 0 amide bonds. The van der Waals surface area contributed by atoms with E-state index in [0.717, 1.165) is 5.56 Å². The molecule has 6 nitrogen and oxygen atoms in total. The first kappa shape index (κ1) is 13.8. The van der Waals surface area contributed by atoms with Gasteiger partial charge in [0.15, 0.2) is 0 Å². The fraction of sp³-hybridized carbons (Fsp3) is 0.286. The van der Waals surface area contributed by atoms with Crippen LogP contribution in [0.4, 0.5) is 5.95 Å². The minimum absolute atomic E-state index is 0.0605. The maximum atomic E-state index is 12.7. The highest BCUT2D eigenvalue weighted by molar-refractivity contribution is 7.17. The van der Waals surface area contributed by atoms with E-state index >= 15 is 0 Å². The van der Waals surface area contributed by atoms with Gasteiger partial charge in [-0.2, -0.15) is 0 Å². The molecule has 3 aromatic heterocycles. The Morgan fingerprint density at radius 3 is 3.05 bits per heavy atom. The number of hydrogen-bond donors (Lipinski definition) is 2. The molecule has 0 spiro atoms. The first-order chi connectivity index (χ1) is 10.3. The summed E-state index contributed by atoms with van der Waals surface area (Å²) in [6.07, 6.45) is 1.60. The van der Waals surface area contributed by atoms with Crippen molar-refractivity contribution in [3.05, 3.63) is 34.1 Å². The van der Waals surface area contributed by atoms with Gasteiger partial charge in [0.2, 0.25) is 5.95 Å². The van der Waals surface area contributed by atoms with Gasteiger partial charge in [-0.3, -0.25) is 9.36 Å². The molecule has 0 atom stereocenters. The largest absolute Gasteiger partial charge is 0.464 e. The van der Waals surface area contributed by atoms with Crippen LogP contribution >= 0.6 is 11.3 Å². The zero-order valence-electron chi connectivity index (χ0n) is 11.6. The molecule has 0 bridgehead atoms. The van der Waals surface area contributed by atoms with Gasteiger partial charge in [-0.1, -0.05) is 0 Å². The summed E-state index contributed by atoms with van der Waals surface area (Å²) in [6, 6.07) is 3.65. The third-order valence-electron chi connectivity index (χ3n) is 3.22. The van der Waals surface area contributed by atoms with E-state index in [9.17, 15) is 4.79 Å². The van der Waals surface area contributed by atoms with Crippen molar-refractivity contribution in [3.8, 4) is 11.3 Å². The van der Waals surface area contributed by atoms with Gasteiger partial charge in [-0.05, 0) is 19.1 Å². The van der Waals surface area contributed by atoms with E-state index in [1.165, 1.54) is 11.3 Å². The SMILES string of the molecule is CCn1c(NCCN)nc2scc(-c3ccco3)c2c1=O. The fourth-order valence-electron chi connectivity index (χ4n) is 2.25. The standard InChI is InChI=1S/C14H16N4O2S/c1-2-18-13(19)11-9(10-4-3-7-20-10)8-21-12(11)17-14(18)16-6-5-15/h3-4,7-8H,2,5-6,15H2,1H3,(H,16,17). The number of hydrogen-bond acceptors (Lipinski definition) is 6. The highest BCUT2D eigenvalue weighted by atomic mass is 32.1. The number of thiophene rings is 1. The summed E-state index contributed by atoms with van der Waals surface area (Å²) in [5.41, 5.74) is 6.24. The third-order valence-corrected chi connectivity index (χ3v) is 4.10. The predicted octanol–water partition coefficient (Wildman–Crippen LogP) is 2.11. The lowest BCUT2D eigenvalue weighted by Crippen LogP contribution is -2.26. The summed E-state index contributed by atoms with van der Waals surface area (Å²) in [5, 5.41) is 5.61. The number of anilines is 1. The summed E-state index contributed by atoms with van der Waals surface area (Å²) in [6.45, 7) is 3.53. The maximum Gasteiger partial charge on any atom is 0.264 e. The summed E-state index contributed by atoms with van der Waals surface area (Å²) in [5.74, 6) is 1.25. The van der Waals surface area contributed by atoms with Gasteiger partial charge in [0.05, 0.1) is 11.6 Å². The number of nitrogens with zero attached hydrogens (tertiary/aromatic N) is 2. The highest BCUT2D eigenvalue weighted by Gasteiger charge is 2.17. The van der Waals surface area contributed by atoms with Gasteiger partial charge in [0, 0.05) is 30.6 Å². The zero-order chi connectivity index (χ0) is 14.8. The average molecular weight is 304 g/mol. The van der Waals surface area contributed by atoms with E-state index < -0.39 is 0 Å². The Bertz CT molecular complexity index is 804. The van der Waals surface area contributed by atoms with Gasteiger partial charge < -0.3 is 15.5 Å². The first-order valence-corrected chi connectivity index (χ1v) is 7.64. The second kappa shape index (κ2) is 5.71. The molecular weight excluding hydrogens is 288 g/mol. The van der Waals surface area contributed by atoms with Crippen molar-refractivity contribution in [2.45, 2.75) is 13.5 Å². The Morgan fingerprint density at radius 2 is 2.38 bits per heavy atom. The van der Waals surface area contributed by atoms with Gasteiger partial charge in [0.25, 0.3) is 5.56 Å². The Labute approximate surface area is 125 Å². The van der Waals surface area contributed by atoms with Crippen LogP contribution in [0.3, 0.4) is 0 Å². The fourth-order valence-corrected chi connectivity index (χ4v) is 3.17. The van der Waals surface area contributed by atoms with E-state index in [1.807, 2.05) is 24.4 Å².